The molecule has 0 fully saturated rings. The van der Waals surface area contributed by atoms with Crippen molar-refractivity contribution in [2.45, 2.75) is 5.03 Å². The van der Waals surface area contributed by atoms with Gasteiger partial charge in [0.1, 0.15) is 0 Å². The average Bonchev–Trinajstić information content (AvgIpc) is 2.85. The minimum Gasteiger partial charge on any atom is -0.478 e. The summed E-state index contributed by atoms with van der Waals surface area (Å²) in [6.07, 6.45) is 1.30. The number of nitrogens with one attached hydrogen (secondary N) is 2. The van der Waals surface area contributed by atoms with Gasteiger partial charge in [-0.2, -0.15) is 13.5 Å². The van der Waals surface area contributed by atoms with E-state index in [1.165, 1.54) is 30.5 Å². The van der Waals surface area contributed by atoms with Gasteiger partial charge in [-0.3, -0.25) is 9.82 Å². The van der Waals surface area contributed by atoms with Gasteiger partial charge in [-0.05, 0) is 40.2 Å². The van der Waals surface area contributed by atoms with E-state index < -0.39 is 16.0 Å². The summed E-state index contributed by atoms with van der Waals surface area (Å²) in [4.78, 5) is 10.9. The molecule has 100 valence electrons. The third-order valence-corrected chi connectivity index (χ3v) is 4.22. The van der Waals surface area contributed by atoms with Crippen LogP contribution < -0.4 is 4.72 Å². The number of aromatic nitrogens is 2. The maximum Gasteiger partial charge on any atom is 0.336 e. The van der Waals surface area contributed by atoms with Crippen LogP contribution in [0.3, 0.4) is 0 Å². The van der Waals surface area contributed by atoms with E-state index in [9.17, 15) is 13.2 Å². The highest BCUT2D eigenvalue weighted by Gasteiger charge is 2.17. The van der Waals surface area contributed by atoms with Crippen LogP contribution in [0.2, 0.25) is 0 Å². The molecule has 0 saturated carbocycles. The zero-order chi connectivity index (χ0) is 14.0. The lowest BCUT2D eigenvalue weighted by molar-refractivity contribution is 0.0696. The lowest BCUT2D eigenvalue weighted by Gasteiger charge is -2.07. The van der Waals surface area contributed by atoms with Crippen molar-refractivity contribution in [1.82, 2.24) is 10.2 Å². The Kier molecular flexibility index (Phi) is 3.58. The zero-order valence-electron chi connectivity index (χ0n) is 9.29. The molecule has 2 rings (SSSR count). The molecular weight excluding hydrogens is 338 g/mol. The molecule has 1 aromatic heterocycles. The van der Waals surface area contributed by atoms with Gasteiger partial charge in [-0.25, -0.2) is 4.79 Å². The van der Waals surface area contributed by atoms with Gasteiger partial charge in [-0.1, -0.05) is 0 Å². The van der Waals surface area contributed by atoms with E-state index in [4.69, 9.17) is 5.11 Å². The third-order valence-electron chi connectivity index (χ3n) is 2.21. The second-order valence-corrected chi connectivity index (χ2v) is 6.03. The molecule has 1 heterocycles. The summed E-state index contributed by atoms with van der Waals surface area (Å²) in [6, 6.07) is 5.42. The smallest absolute Gasteiger partial charge is 0.336 e. The fraction of sp³-hybridized carbons (Fsp3) is 0. The van der Waals surface area contributed by atoms with Gasteiger partial charge >= 0.3 is 5.97 Å². The van der Waals surface area contributed by atoms with Crippen molar-refractivity contribution >= 4 is 37.6 Å². The van der Waals surface area contributed by atoms with Crippen LogP contribution in [0.15, 0.2) is 40.0 Å². The van der Waals surface area contributed by atoms with Crippen molar-refractivity contribution in [3.05, 3.63) is 40.5 Å². The number of rotatable bonds is 4. The lowest BCUT2D eigenvalue weighted by Crippen LogP contribution is -2.14. The van der Waals surface area contributed by atoms with Crippen LogP contribution in [0.5, 0.6) is 0 Å². The number of carboxylic acid groups (broad SMARTS) is 1. The first-order valence-electron chi connectivity index (χ1n) is 4.95. The Morgan fingerprint density at radius 1 is 1.37 bits per heavy atom. The Labute approximate surface area is 116 Å². The maximum atomic E-state index is 11.9. The van der Waals surface area contributed by atoms with Crippen LogP contribution in [0, 0.1) is 0 Å². The van der Waals surface area contributed by atoms with Crippen LogP contribution in [-0.4, -0.2) is 29.7 Å². The first kappa shape index (κ1) is 13.6. The molecule has 0 bridgehead atoms. The number of carboxylic acids is 1. The number of hydrogen-bond acceptors (Lipinski definition) is 4. The van der Waals surface area contributed by atoms with Gasteiger partial charge < -0.3 is 5.11 Å². The molecule has 3 N–H and O–H groups in total. The number of aromatic amines is 1. The van der Waals surface area contributed by atoms with Crippen LogP contribution in [0.1, 0.15) is 10.4 Å². The standard InChI is InChI=1S/C10H8BrN3O4S/c11-8-2-1-6(5-7(8)10(15)16)14-19(17,18)9-3-4-12-13-9/h1-5,14H,(H,12,13)(H,15,16). The molecule has 0 aliphatic rings. The summed E-state index contributed by atoms with van der Waals surface area (Å²) in [5.41, 5.74) is 0.111. The van der Waals surface area contributed by atoms with Crippen molar-refractivity contribution in [3.8, 4) is 0 Å². The molecule has 0 unspecified atom stereocenters. The van der Waals surface area contributed by atoms with E-state index >= 15 is 0 Å². The summed E-state index contributed by atoms with van der Waals surface area (Å²) in [5.74, 6) is -1.16. The molecule has 0 aliphatic heterocycles. The van der Waals surface area contributed by atoms with Gasteiger partial charge in [0, 0.05) is 10.2 Å². The minimum atomic E-state index is -3.80. The molecule has 0 amide bonds. The number of benzene rings is 1. The molecule has 0 atom stereocenters. The number of halogens is 1. The highest BCUT2D eigenvalue weighted by atomic mass is 79.9. The number of hydrogen-bond donors (Lipinski definition) is 3. The predicted molar refractivity (Wildman–Crippen MR) is 70.5 cm³/mol. The molecule has 7 nitrogen and oxygen atoms in total. The van der Waals surface area contributed by atoms with Gasteiger partial charge in [0.05, 0.1) is 11.8 Å². The summed E-state index contributed by atoms with van der Waals surface area (Å²) < 4.78 is 26.4. The molecule has 1 aromatic carbocycles. The Morgan fingerprint density at radius 2 is 2.11 bits per heavy atom. The van der Waals surface area contributed by atoms with E-state index in [0.29, 0.717) is 4.47 Å². The van der Waals surface area contributed by atoms with Crippen molar-refractivity contribution in [2.75, 3.05) is 4.72 Å². The van der Waals surface area contributed by atoms with E-state index in [1.54, 1.807) is 0 Å². The number of carbonyl (C=O) groups is 1. The molecular formula is C10H8BrN3O4S. The largest absolute Gasteiger partial charge is 0.478 e. The quantitative estimate of drug-likeness (QED) is 0.780. The van der Waals surface area contributed by atoms with Crippen molar-refractivity contribution in [2.24, 2.45) is 0 Å². The molecule has 19 heavy (non-hydrogen) atoms. The molecule has 0 aliphatic carbocycles. The Hall–Kier alpha value is -1.87. The monoisotopic (exact) mass is 345 g/mol. The first-order valence-corrected chi connectivity index (χ1v) is 7.23. The van der Waals surface area contributed by atoms with Crippen LogP contribution in [0.25, 0.3) is 0 Å². The molecule has 0 saturated heterocycles. The molecule has 9 heteroatoms. The van der Waals surface area contributed by atoms with Gasteiger partial charge in [0.2, 0.25) is 0 Å². The predicted octanol–water partition coefficient (Wildman–Crippen LogP) is 1.67. The van der Waals surface area contributed by atoms with Gasteiger partial charge in [0.25, 0.3) is 10.0 Å². The SMILES string of the molecule is O=C(O)c1cc(NS(=O)(=O)c2ccn[nH]2)ccc1Br. The van der Waals surface area contributed by atoms with E-state index in [1.807, 2.05) is 0 Å². The van der Waals surface area contributed by atoms with Crippen LogP contribution in [0.4, 0.5) is 5.69 Å². The number of sulfonamides is 1. The number of aromatic carboxylic acids is 1. The minimum absolute atomic E-state index is 0.0372. The van der Waals surface area contributed by atoms with Crippen LogP contribution >= 0.6 is 15.9 Å². The summed E-state index contributed by atoms with van der Waals surface area (Å²) in [5, 5.41) is 14.7. The molecule has 0 radical (unpaired) electrons. The molecule has 0 spiro atoms. The fourth-order valence-electron chi connectivity index (χ4n) is 1.36. The number of H-pyrrole nitrogens is 1. The second kappa shape index (κ2) is 5.02. The summed E-state index contributed by atoms with van der Waals surface area (Å²) in [6.45, 7) is 0. The topological polar surface area (TPSA) is 112 Å². The summed E-state index contributed by atoms with van der Waals surface area (Å²) >= 11 is 3.08. The van der Waals surface area contributed by atoms with Gasteiger partial charge in [-0.15, -0.1) is 0 Å². The average molecular weight is 346 g/mol. The van der Waals surface area contributed by atoms with Crippen molar-refractivity contribution < 1.29 is 18.3 Å². The van der Waals surface area contributed by atoms with E-state index in [-0.39, 0.29) is 16.3 Å². The summed E-state index contributed by atoms with van der Waals surface area (Å²) in [7, 11) is -3.80. The van der Waals surface area contributed by atoms with E-state index in [0.717, 1.165) is 0 Å². The highest BCUT2D eigenvalue weighted by molar-refractivity contribution is 9.10. The van der Waals surface area contributed by atoms with Crippen molar-refractivity contribution in [3.63, 3.8) is 0 Å². The first-order chi connectivity index (χ1) is 8.90. The Morgan fingerprint density at radius 3 is 2.68 bits per heavy atom. The fourth-order valence-corrected chi connectivity index (χ4v) is 2.73. The highest BCUT2D eigenvalue weighted by Crippen LogP contribution is 2.22. The Bertz CT molecular complexity index is 712. The number of nitrogens with zero attached hydrogens (tertiary/aromatic N) is 1. The normalized spacial score (nSPS) is 11.2. The van der Waals surface area contributed by atoms with Crippen molar-refractivity contribution in [1.29, 1.82) is 0 Å². The maximum absolute atomic E-state index is 11.9. The van der Waals surface area contributed by atoms with E-state index in [2.05, 4.69) is 30.8 Å². The van der Waals surface area contributed by atoms with Gasteiger partial charge in [0.15, 0.2) is 5.03 Å². The molecule has 2 aromatic rings. The lowest BCUT2D eigenvalue weighted by atomic mass is 10.2. The number of anilines is 1. The third kappa shape index (κ3) is 2.93. The van der Waals surface area contributed by atoms with Crippen LogP contribution in [-0.2, 0) is 10.0 Å². The zero-order valence-corrected chi connectivity index (χ0v) is 11.7. The Balaban J connectivity index is 2.35. The second-order valence-electron chi connectivity index (χ2n) is 3.53.